The van der Waals surface area contributed by atoms with Gasteiger partial charge in [0.15, 0.2) is 5.82 Å². The second kappa shape index (κ2) is 9.97. The van der Waals surface area contributed by atoms with Gasteiger partial charge in [0.2, 0.25) is 5.91 Å². The molecule has 10 nitrogen and oxygen atoms in total. The third kappa shape index (κ3) is 4.75. The highest BCUT2D eigenvalue weighted by atomic mass is 19.1. The zero-order chi connectivity index (χ0) is 27.1. The molecule has 2 aromatic carbocycles. The summed E-state index contributed by atoms with van der Waals surface area (Å²) in [6.45, 7) is 1.57. The van der Waals surface area contributed by atoms with Crippen molar-refractivity contribution in [1.82, 2.24) is 29.8 Å². The van der Waals surface area contributed by atoms with E-state index >= 15 is 0 Å². The lowest BCUT2D eigenvalue weighted by atomic mass is 10.1. The smallest absolute Gasteiger partial charge is 0.255 e. The number of nitrogen functional groups attached to an aromatic ring is 1. The van der Waals surface area contributed by atoms with Crippen molar-refractivity contribution in [1.29, 1.82) is 0 Å². The summed E-state index contributed by atoms with van der Waals surface area (Å²) in [5, 5.41) is 7.25. The van der Waals surface area contributed by atoms with Crippen LogP contribution >= 0.6 is 0 Å². The molecule has 0 radical (unpaired) electrons. The summed E-state index contributed by atoms with van der Waals surface area (Å²) in [5.41, 5.74) is 9.36. The predicted octanol–water partition coefficient (Wildman–Crippen LogP) is 3.18. The van der Waals surface area contributed by atoms with E-state index < -0.39 is 11.7 Å². The highest BCUT2D eigenvalue weighted by molar-refractivity contribution is 5.97. The van der Waals surface area contributed by atoms with Gasteiger partial charge in [0.05, 0.1) is 12.7 Å². The quantitative estimate of drug-likeness (QED) is 0.376. The number of nitrogens with one attached hydrogen (secondary N) is 1. The van der Waals surface area contributed by atoms with E-state index in [1.165, 1.54) is 25.6 Å². The number of anilines is 1. The van der Waals surface area contributed by atoms with Crippen LogP contribution in [0.4, 0.5) is 10.2 Å². The third-order valence-corrected chi connectivity index (χ3v) is 7.36. The molecule has 0 bridgehead atoms. The molecule has 2 aromatic heterocycles. The molecule has 1 saturated carbocycles. The number of likely N-dealkylation sites (tertiary alicyclic amines) is 1. The Labute approximate surface area is 224 Å². The number of aromatic nitrogens is 4. The third-order valence-electron chi connectivity index (χ3n) is 7.36. The number of methoxy groups -OCH3 is 1. The van der Waals surface area contributed by atoms with Gasteiger partial charge in [-0.3, -0.25) is 9.59 Å². The number of hydrogen-bond donors (Lipinski definition) is 2. The van der Waals surface area contributed by atoms with Crippen molar-refractivity contribution in [3.05, 3.63) is 71.6 Å². The summed E-state index contributed by atoms with van der Waals surface area (Å²) < 4.78 is 20.6. The van der Waals surface area contributed by atoms with E-state index in [9.17, 15) is 14.0 Å². The van der Waals surface area contributed by atoms with Crippen LogP contribution in [0.25, 0.3) is 16.8 Å². The molecule has 3 N–H and O–H groups in total. The highest BCUT2D eigenvalue weighted by Gasteiger charge is 2.38. The van der Waals surface area contributed by atoms with Crippen LogP contribution in [0.3, 0.4) is 0 Å². The standard InChI is InChI=1S/C28H28FN7O3/c1-39-22-9-8-20(29)12-21(22)27(37)31-13-16-2-4-17(5-3-16)23-24-25(30)32-15-33-36(24)26(34-23)19-10-11-35(14-19)28(38)18-6-7-18/h2-5,8-9,12,15,18-19H,6-7,10-11,13-14H2,1H3,(H,31,37)(H2,30,32,33)/t19-/m1/s1. The Morgan fingerprint density at radius 3 is 2.69 bits per heavy atom. The number of fused-ring (bicyclic) bond motifs is 1. The molecular formula is C28H28FN7O3. The van der Waals surface area contributed by atoms with Crippen LogP contribution in [0.2, 0.25) is 0 Å². The first-order chi connectivity index (χ1) is 18.9. The van der Waals surface area contributed by atoms with Gasteiger partial charge in [-0.15, -0.1) is 0 Å². The van der Waals surface area contributed by atoms with Gasteiger partial charge < -0.3 is 20.7 Å². The maximum absolute atomic E-state index is 13.7. The minimum absolute atomic E-state index is 0.0533. The first-order valence-electron chi connectivity index (χ1n) is 12.9. The summed E-state index contributed by atoms with van der Waals surface area (Å²) in [6.07, 6.45) is 4.20. The van der Waals surface area contributed by atoms with Crippen molar-refractivity contribution in [3.63, 3.8) is 0 Å². The summed E-state index contributed by atoms with van der Waals surface area (Å²) in [4.78, 5) is 36.3. The van der Waals surface area contributed by atoms with Crippen LogP contribution in [0.15, 0.2) is 48.8 Å². The average Bonchev–Trinajstić information content (AvgIpc) is 3.55. The molecule has 2 amide bonds. The second-order valence-corrected chi connectivity index (χ2v) is 9.99. The van der Waals surface area contributed by atoms with Crippen LogP contribution in [-0.2, 0) is 11.3 Å². The lowest BCUT2D eigenvalue weighted by Crippen LogP contribution is -2.29. The summed E-state index contributed by atoms with van der Waals surface area (Å²) >= 11 is 0. The lowest BCUT2D eigenvalue weighted by molar-refractivity contribution is -0.131. The molecule has 2 fully saturated rings. The number of rotatable bonds is 7. The molecule has 0 unspecified atom stereocenters. The Balaban J connectivity index is 1.22. The SMILES string of the molecule is COc1ccc(F)cc1C(=O)NCc1ccc(-c2nc([C@@H]3CCN(C(=O)C4CC4)C3)n3ncnc(N)c23)cc1. The van der Waals surface area contributed by atoms with Gasteiger partial charge in [-0.2, -0.15) is 5.10 Å². The van der Waals surface area contributed by atoms with Crippen molar-refractivity contribution in [3.8, 4) is 17.0 Å². The monoisotopic (exact) mass is 529 g/mol. The number of carbonyl (C=O) groups excluding carboxylic acids is 2. The molecular weight excluding hydrogens is 501 g/mol. The minimum Gasteiger partial charge on any atom is -0.496 e. The van der Waals surface area contributed by atoms with E-state index in [0.29, 0.717) is 35.9 Å². The molecule has 11 heteroatoms. The van der Waals surface area contributed by atoms with Crippen LogP contribution in [-0.4, -0.2) is 56.5 Å². The van der Waals surface area contributed by atoms with Crippen molar-refractivity contribution in [2.24, 2.45) is 5.92 Å². The summed E-state index contributed by atoms with van der Waals surface area (Å²) in [7, 11) is 1.43. The lowest BCUT2D eigenvalue weighted by Gasteiger charge is -2.15. The number of imidazole rings is 1. The van der Waals surface area contributed by atoms with Gasteiger partial charge in [-0.25, -0.2) is 18.9 Å². The van der Waals surface area contributed by atoms with E-state index in [4.69, 9.17) is 15.5 Å². The normalized spacial score (nSPS) is 17.0. The zero-order valence-corrected chi connectivity index (χ0v) is 21.4. The highest BCUT2D eigenvalue weighted by Crippen LogP contribution is 2.37. The largest absolute Gasteiger partial charge is 0.496 e. The number of nitrogens with two attached hydrogens (primary N) is 1. The summed E-state index contributed by atoms with van der Waals surface area (Å²) in [6, 6.07) is 11.4. The topological polar surface area (TPSA) is 128 Å². The predicted molar refractivity (Wildman–Crippen MR) is 141 cm³/mol. The molecule has 2 aliphatic rings. The van der Waals surface area contributed by atoms with E-state index in [1.807, 2.05) is 29.2 Å². The molecule has 1 aliphatic carbocycles. The van der Waals surface area contributed by atoms with E-state index in [2.05, 4.69) is 15.4 Å². The molecule has 0 spiro atoms. The Hall–Kier alpha value is -4.54. The van der Waals surface area contributed by atoms with Gasteiger partial charge in [-0.1, -0.05) is 24.3 Å². The van der Waals surface area contributed by atoms with Gasteiger partial charge in [-0.05, 0) is 43.0 Å². The Morgan fingerprint density at radius 2 is 1.95 bits per heavy atom. The van der Waals surface area contributed by atoms with Crippen LogP contribution < -0.4 is 15.8 Å². The molecule has 39 heavy (non-hydrogen) atoms. The van der Waals surface area contributed by atoms with Gasteiger partial charge in [0.1, 0.15) is 34.9 Å². The van der Waals surface area contributed by atoms with E-state index in [-0.39, 0.29) is 29.9 Å². The molecule has 1 aliphatic heterocycles. The first-order valence-corrected chi connectivity index (χ1v) is 12.9. The van der Waals surface area contributed by atoms with Crippen LogP contribution in [0.1, 0.15) is 46.9 Å². The second-order valence-electron chi connectivity index (χ2n) is 9.99. The Bertz CT molecular complexity index is 1570. The number of amides is 2. The maximum atomic E-state index is 13.7. The fraction of sp³-hybridized carbons (Fsp3) is 0.321. The molecule has 1 saturated heterocycles. The average molecular weight is 530 g/mol. The Kier molecular flexibility index (Phi) is 6.34. The van der Waals surface area contributed by atoms with Crippen LogP contribution in [0, 0.1) is 11.7 Å². The number of carbonyl (C=O) groups is 2. The van der Waals surface area contributed by atoms with Gasteiger partial charge >= 0.3 is 0 Å². The maximum Gasteiger partial charge on any atom is 0.255 e. The minimum atomic E-state index is -0.514. The van der Waals surface area contributed by atoms with Crippen molar-refractivity contribution in [2.45, 2.75) is 31.7 Å². The fourth-order valence-corrected chi connectivity index (χ4v) is 5.12. The van der Waals surface area contributed by atoms with Crippen molar-refractivity contribution in [2.75, 3.05) is 25.9 Å². The molecule has 200 valence electrons. The number of benzene rings is 2. The van der Waals surface area contributed by atoms with Crippen molar-refractivity contribution < 1.29 is 18.7 Å². The number of halogens is 1. The van der Waals surface area contributed by atoms with Gasteiger partial charge in [0.25, 0.3) is 5.91 Å². The number of ether oxygens (including phenoxy) is 1. The molecule has 1 atom stereocenters. The number of nitrogens with zero attached hydrogens (tertiary/aromatic N) is 5. The molecule has 6 rings (SSSR count). The van der Waals surface area contributed by atoms with Crippen LogP contribution in [0.5, 0.6) is 5.75 Å². The molecule has 4 aromatic rings. The zero-order valence-electron chi connectivity index (χ0n) is 21.4. The first kappa shape index (κ1) is 24.8. The number of hydrogen-bond acceptors (Lipinski definition) is 7. The summed E-state index contributed by atoms with van der Waals surface area (Å²) in [5.74, 6) is 0.922. The van der Waals surface area contributed by atoms with E-state index in [1.54, 1.807) is 4.52 Å². The van der Waals surface area contributed by atoms with Crippen molar-refractivity contribution >= 4 is 23.1 Å². The van der Waals surface area contributed by atoms with Gasteiger partial charge in [0, 0.05) is 37.0 Å². The van der Waals surface area contributed by atoms with E-state index in [0.717, 1.165) is 42.3 Å². The Morgan fingerprint density at radius 1 is 1.15 bits per heavy atom. The fourth-order valence-electron chi connectivity index (χ4n) is 5.12. The molecule has 3 heterocycles.